The molecule has 0 spiro atoms. The van der Waals surface area contributed by atoms with Gasteiger partial charge in [-0.1, -0.05) is 23.2 Å². The second-order valence-electron chi connectivity index (χ2n) is 5.49. The molecule has 0 aromatic carbocycles. The summed E-state index contributed by atoms with van der Waals surface area (Å²) in [5.74, 6) is 0.219. The van der Waals surface area contributed by atoms with Gasteiger partial charge in [-0.25, -0.2) is 12.7 Å². The third-order valence-corrected chi connectivity index (χ3v) is 5.50. The van der Waals surface area contributed by atoms with E-state index in [0.29, 0.717) is 35.2 Å². The van der Waals surface area contributed by atoms with E-state index in [0.717, 1.165) is 12.8 Å². The lowest BCUT2D eigenvalue weighted by molar-refractivity contribution is 0.246. The Hall–Kier alpha value is -0.400. The molecule has 2 atom stereocenters. The van der Waals surface area contributed by atoms with Gasteiger partial charge >= 0.3 is 0 Å². The molecule has 0 saturated carbocycles. The van der Waals surface area contributed by atoms with Gasteiger partial charge in [0.05, 0.1) is 22.0 Å². The minimum absolute atomic E-state index is 0.219. The van der Waals surface area contributed by atoms with Crippen molar-refractivity contribution in [2.45, 2.75) is 25.3 Å². The maximum atomic E-state index is 11.6. The van der Waals surface area contributed by atoms with Crippen molar-refractivity contribution in [1.29, 1.82) is 0 Å². The van der Waals surface area contributed by atoms with E-state index in [4.69, 9.17) is 28.9 Å². The Balaban J connectivity index is 2.03. The Morgan fingerprint density at radius 2 is 2.24 bits per heavy atom. The number of aromatic nitrogens is 1. The van der Waals surface area contributed by atoms with E-state index in [-0.39, 0.29) is 12.0 Å². The first kappa shape index (κ1) is 17.0. The molecule has 2 heterocycles. The van der Waals surface area contributed by atoms with Crippen molar-refractivity contribution in [2.75, 3.05) is 19.3 Å². The van der Waals surface area contributed by atoms with Gasteiger partial charge < -0.3 is 5.73 Å². The van der Waals surface area contributed by atoms with E-state index in [9.17, 15) is 8.42 Å². The lowest BCUT2D eigenvalue weighted by Crippen LogP contribution is -2.40. The number of rotatable bonds is 4. The van der Waals surface area contributed by atoms with Crippen LogP contribution in [0.2, 0.25) is 10.0 Å². The molecule has 0 radical (unpaired) electrons. The Morgan fingerprint density at radius 3 is 2.86 bits per heavy atom. The summed E-state index contributed by atoms with van der Waals surface area (Å²) in [5, 5.41) is 0.919. The minimum Gasteiger partial charge on any atom is -0.323 e. The van der Waals surface area contributed by atoms with Crippen LogP contribution in [0.25, 0.3) is 0 Å². The van der Waals surface area contributed by atoms with Crippen molar-refractivity contribution >= 4 is 33.2 Å². The molecule has 5 nitrogen and oxygen atoms in total. The lowest BCUT2D eigenvalue weighted by Gasteiger charge is -2.32. The summed E-state index contributed by atoms with van der Waals surface area (Å²) < 4.78 is 24.8. The Morgan fingerprint density at radius 1 is 1.52 bits per heavy atom. The molecular weight excluding hydrogens is 333 g/mol. The predicted octanol–water partition coefficient (Wildman–Crippen LogP) is 2.45. The highest BCUT2D eigenvalue weighted by Gasteiger charge is 2.28. The molecule has 1 aromatic heterocycles. The fraction of sp³-hybridized carbons (Fsp3) is 0.615. The van der Waals surface area contributed by atoms with Gasteiger partial charge in [-0.3, -0.25) is 4.98 Å². The van der Waals surface area contributed by atoms with Crippen molar-refractivity contribution in [3.63, 3.8) is 0 Å². The number of piperidine rings is 1. The topological polar surface area (TPSA) is 76.3 Å². The number of nitrogens with zero attached hydrogens (tertiary/aromatic N) is 2. The number of halogens is 2. The molecule has 0 bridgehead atoms. The van der Waals surface area contributed by atoms with Gasteiger partial charge in [0.15, 0.2) is 0 Å². The van der Waals surface area contributed by atoms with E-state index in [2.05, 4.69) is 4.98 Å². The van der Waals surface area contributed by atoms with Gasteiger partial charge in [-0.05, 0) is 31.2 Å². The van der Waals surface area contributed by atoms with Crippen molar-refractivity contribution < 1.29 is 8.42 Å². The smallest absolute Gasteiger partial charge is 0.211 e. The first-order valence-corrected chi connectivity index (χ1v) is 9.39. The van der Waals surface area contributed by atoms with E-state index >= 15 is 0 Å². The molecule has 118 valence electrons. The van der Waals surface area contributed by atoms with Gasteiger partial charge in [0.2, 0.25) is 10.0 Å². The Labute approximate surface area is 135 Å². The van der Waals surface area contributed by atoms with Crippen LogP contribution in [0.3, 0.4) is 0 Å². The third kappa shape index (κ3) is 4.53. The second-order valence-corrected chi connectivity index (χ2v) is 8.32. The van der Waals surface area contributed by atoms with Crippen LogP contribution in [0.4, 0.5) is 0 Å². The first-order chi connectivity index (χ1) is 9.77. The zero-order chi connectivity index (χ0) is 15.6. The average molecular weight is 352 g/mol. The van der Waals surface area contributed by atoms with Crippen LogP contribution < -0.4 is 5.73 Å². The second kappa shape index (κ2) is 6.79. The van der Waals surface area contributed by atoms with Crippen LogP contribution in [0.1, 0.15) is 31.0 Å². The zero-order valence-electron chi connectivity index (χ0n) is 11.8. The molecule has 1 saturated heterocycles. The molecule has 0 amide bonds. The fourth-order valence-electron chi connectivity index (χ4n) is 2.69. The summed E-state index contributed by atoms with van der Waals surface area (Å²) in [6.45, 7) is 1.10. The highest BCUT2D eigenvalue weighted by molar-refractivity contribution is 7.88. The number of nitrogens with two attached hydrogens (primary N) is 1. The van der Waals surface area contributed by atoms with Crippen molar-refractivity contribution in [2.24, 2.45) is 11.7 Å². The van der Waals surface area contributed by atoms with Crippen LogP contribution in [0.5, 0.6) is 0 Å². The van der Waals surface area contributed by atoms with Crippen molar-refractivity contribution in [1.82, 2.24) is 9.29 Å². The van der Waals surface area contributed by atoms with Gasteiger partial charge in [0.1, 0.15) is 0 Å². The Kier molecular flexibility index (Phi) is 5.48. The van der Waals surface area contributed by atoms with Gasteiger partial charge in [0.25, 0.3) is 0 Å². The summed E-state index contributed by atoms with van der Waals surface area (Å²) in [4.78, 5) is 4.19. The molecule has 1 aromatic rings. The van der Waals surface area contributed by atoms with E-state index in [1.165, 1.54) is 16.8 Å². The molecule has 2 unspecified atom stereocenters. The molecule has 8 heteroatoms. The summed E-state index contributed by atoms with van der Waals surface area (Å²) >= 11 is 11.9. The molecule has 1 aliphatic rings. The van der Waals surface area contributed by atoms with Crippen LogP contribution in [0, 0.1) is 5.92 Å². The van der Waals surface area contributed by atoms with Crippen molar-refractivity contribution in [3.8, 4) is 0 Å². The largest absolute Gasteiger partial charge is 0.323 e. The molecule has 1 fully saturated rings. The van der Waals surface area contributed by atoms with Crippen LogP contribution in [0.15, 0.2) is 12.3 Å². The number of pyridine rings is 1. The highest BCUT2D eigenvalue weighted by atomic mass is 35.5. The van der Waals surface area contributed by atoms with Gasteiger partial charge in [-0.15, -0.1) is 0 Å². The van der Waals surface area contributed by atoms with Gasteiger partial charge in [-0.2, -0.15) is 0 Å². The quantitative estimate of drug-likeness (QED) is 0.903. The first-order valence-electron chi connectivity index (χ1n) is 6.79. The van der Waals surface area contributed by atoms with E-state index in [1.54, 1.807) is 6.07 Å². The number of sulfonamides is 1. The Bertz CT molecular complexity index is 609. The van der Waals surface area contributed by atoms with E-state index in [1.807, 2.05) is 0 Å². The normalized spacial score (nSPS) is 22.2. The standard InChI is InChI=1S/C13H19Cl2N3O2S/c1-21(19,20)18-4-2-3-9(8-18)5-12(16)13-11(15)6-10(14)7-17-13/h6-7,9,12H,2-5,8,16H2,1H3. The fourth-order valence-corrected chi connectivity index (χ4v) is 4.15. The van der Waals surface area contributed by atoms with Crippen LogP contribution in [-0.2, 0) is 10.0 Å². The van der Waals surface area contributed by atoms with E-state index < -0.39 is 10.0 Å². The SMILES string of the molecule is CS(=O)(=O)N1CCCC(CC(N)c2ncc(Cl)cc2Cl)C1. The maximum Gasteiger partial charge on any atom is 0.211 e. The van der Waals surface area contributed by atoms with Crippen LogP contribution >= 0.6 is 23.2 Å². The number of hydrogen-bond donors (Lipinski definition) is 1. The summed E-state index contributed by atoms with van der Waals surface area (Å²) in [5.41, 5.74) is 6.78. The molecule has 2 rings (SSSR count). The molecule has 1 aliphatic heterocycles. The average Bonchev–Trinajstić information content (AvgIpc) is 2.37. The third-order valence-electron chi connectivity index (χ3n) is 3.73. The lowest BCUT2D eigenvalue weighted by atomic mass is 9.91. The van der Waals surface area contributed by atoms with Crippen molar-refractivity contribution in [3.05, 3.63) is 28.0 Å². The molecule has 0 aliphatic carbocycles. The summed E-state index contributed by atoms with van der Waals surface area (Å²) in [6, 6.07) is 1.30. The van der Waals surface area contributed by atoms with Gasteiger partial charge in [0, 0.05) is 25.3 Å². The zero-order valence-corrected chi connectivity index (χ0v) is 14.1. The summed E-state index contributed by atoms with van der Waals surface area (Å²) in [7, 11) is -3.14. The summed E-state index contributed by atoms with van der Waals surface area (Å²) in [6.07, 6.45) is 5.23. The maximum absolute atomic E-state index is 11.6. The molecule has 21 heavy (non-hydrogen) atoms. The monoisotopic (exact) mass is 351 g/mol. The molecule has 2 N–H and O–H groups in total. The highest BCUT2D eigenvalue weighted by Crippen LogP contribution is 2.30. The molecular formula is C13H19Cl2N3O2S. The predicted molar refractivity (Wildman–Crippen MR) is 84.9 cm³/mol. The van der Waals surface area contributed by atoms with Crippen LogP contribution in [-0.4, -0.2) is 37.1 Å². The minimum atomic E-state index is -3.14. The number of hydrogen-bond acceptors (Lipinski definition) is 4.